The Balaban J connectivity index is 1.56. The van der Waals surface area contributed by atoms with Crippen LogP contribution in [-0.4, -0.2) is 53.4 Å². The lowest BCUT2D eigenvalue weighted by atomic mass is 10.2. The summed E-state index contributed by atoms with van der Waals surface area (Å²) in [4.78, 5) is 19.2. The number of likely N-dealkylation sites (N-methyl/N-ethyl adjacent to an activating group) is 1. The molecule has 134 valence electrons. The molecule has 0 fully saturated rings. The zero-order chi connectivity index (χ0) is 18.3. The van der Waals surface area contributed by atoms with Crippen LogP contribution in [0, 0.1) is 13.8 Å². The number of rotatable bonds is 3. The molecule has 4 rings (SSSR count). The number of nitrogens with one attached hydrogen (secondary N) is 1. The number of fused-ring (bicyclic) bond motifs is 1. The van der Waals surface area contributed by atoms with E-state index in [2.05, 4.69) is 25.6 Å². The summed E-state index contributed by atoms with van der Waals surface area (Å²) in [5.74, 6) is 2.86. The maximum Gasteiger partial charge on any atom is 0.244 e. The fourth-order valence-corrected chi connectivity index (χ4v) is 3.13. The Kier molecular flexibility index (Phi) is 4.00. The summed E-state index contributed by atoms with van der Waals surface area (Å²) in [6, 6.07) is 5.29. The first-order valence-corrected chi connectivity index (χ1v) is 8.40. The minimum absolute atomic E-state index is 0.0966. The molecule has 0 bridgehead atoms. The zero-order valence-electron chi connectivity index (χ0n) is 14.9. The molecule has 0 spiro atoms. The second-order valence-electron chi connectivity index (χ2n) is 6.51. The summed E-state index contributed by atoms with van der Waals surface area (Å²) in [5.41, 5.74) is 1.07. The van der Waals surface area contributed by atoms with Gasteiger partial charge in [-0.15, -0.1) is 10.2 Å². The predicted octanol–water partition coefficient (Wildman–Crippen LogP) is 0.928. The Hall–Kier alpha value is -3.07. The Morgan fingerprint density at radius 1 is 1.23 bits per heavy atom. The Morgan fingerprint density at radius 3 is 2.88 bits per heavy atom. The van der Waals surface area contributed by atoms with Gasteiger partial charge in [0.2, 0.25) is 5.91 Å². The molecular weight excluding hydrogens is 332 g/mol. The fraction of sp³-hybridized carbons (Fsp3) is 0.353. The van der Waals surface area contributed by atoms with E-state index in [1.54, 1.807) is 23.1 Å². The molecule has 1 aliphatic rings. The van der Waals surface area contributed by atoms with Crippen molar-refractivity contribution in [2.24, 2.45) is 0 Å². The number of aryl methyl sites for hydroxylation is 2. The van der Waals surface area contributed by atoms with E-state index in [0.717, 1.165) is 17.2 Å². The molecule has 9 nitrogen and oxygen atoms in total. The van der Waals surface area contributed by atoms with Gasteiger partial charge in [-0.2, -0.15) is 9.78 Å². The summed E-state index contributed by atoms with van der Waals surface area (Å²) in [5, 5.41) is 15.5. The number of hydrogen-bond acceptors (Lipinski definition) is 6. The third-order valence-corrected chi connectivity index (χ3v) is 4.61. The fourth-order valence-electron chi connectivity index (χ4n) is 3.13. The summed E-state index contributed by atoms with van der Waals surface area (Å²) < 4.78 is 3.62. The zero-order valence-corrected chi connectivity index (χ0v) is 14.9. The first kappa shape index (κ1) is 16.4. The number of pyridine rings is 1. The maximum absolute atomic E-state index is 12.9. The van der Waals surface area contributed by atoms with Crippen LogP contribution in [-0.2, 0) is 17.9 Å². The van der Waals surface area contributed by atoms with E-state index in [1.807, 2.05) is 42.5 Å². The van der Waals surface area contributed by atoms with Crippen molar-refractivity contribution in [2.45, 2.75) is 33.0 Å². The third kappa shape index (κ3) is 2.86. The van der Waals surface area contributed by atoms with Crippen LogP contribution in [0.15, 0.2) is 30.6 Å². The smallest absolute Gasteiger partial charge is 0.244 e. The number of carbonyl (C=O) groups excluding carboxylic acids is 1. The first-order chi connectivity index (χ1) is 12.5. The second kappa shape index (κ2) is 6.34. The molecule has 26 heavy (non-hydrogen) atoms. The van der Waals surface area contributed by atoms with Gasteiger partial charge in [-0.25, -0.2) is 4.98 Å². The van der Waals surface area contributed by atoms with E-state index in [0.29, 0.717) is 24.7 Å². The minimum Gasteiger partial charge on any atom is -0.312 e. The van der Waals surface area contributed by atoms with E-state index in [9.17, 15) is 4.79 Å². The van der Waals surface area contributed by atoms with Crippen LogP contribution in [0.2, 0.25) is 0 Å². The molecule has 1 atom stereocenters. The van der Waals surface area contributed by atoms with Gasteiger partial charge < -0.3 is 9.88 Å². The van der Waals surface area contributed by atoms with Crippen LogP contribution >= 0.6 is 0 Å². The summed E-state index contributed by atoms with van der Waals surface area (Å²) in [6.45, 7) is 4.99. The van der Waals surface area contributed by atoms with Crippen molar-refractivity contribution >= 4 is 11.7 Å². The van der Waals surface area contributed by atoms with Crippen molar-refractivity contribution in [3.8, 4) is 5.82 Å². The first-order valence-electron chi connectivity index (χ1n) is 8.40. The molecule has 1 unspecified atom stereocenters. The van der Waals surface area contributed by atoms with Crippen molar-refractivity contribution < 1.29 is 4.79 Å². The standard InChI is InChI=1S/C17H20N8O/c1-11-4-6-18-15(8-11)25-14(5-7-19-25)20-17(26)13-9-24-12(2)21-22-16(24)10-23(13)3/h4-8,13H,9-10H2,1-3H3,(H,20,26). The monoisotopic (exact) mass is 352 g/mol. The summed E-state index contributed by atoms with van der Waals surface area (Å²) in [6.07, 6.45) is 3.37. The molecule has 4 heterocycles. The highest BCUT2D eigenvalue weighted by Gasteiger charge is 2.31. The van der Waals surface area contributed by atoms with E-state index in [1.165, 1.54) is 0 Å². The molecule has 9 heteroatoms. The molecule has 0 radical (unpaired) electrons. The average Bonchev–Trinajstić information content (AvgIpc) is 3.21. The van der Waals surface area contributed by atoms with Crippen molar-refractivity contribution in [1.29, 1.82) is 0 Å². The largest absolute Gasteiger partial charge is 0.312 e. The number of nitrogens with zero attached hydrogens (tertiary/aromatic N) is 7. The molecule has 1 N–H and O–H groups in total. The molecular formula is C17H20N8O. The topological polar surface area (TPSA) is 93.8 Å². The van der Waals surface area contributed by atoms with Gasteiger partial charge in [0, 0.05) is 12.3 Å². The van der Waals surface area contributed by atoms with Crippen LogP contribution < -0.4 is 5.32 Å². The van der Waals surface area contributed by atoms with Crippen LogP contribution in [0.5, 0.6) is 0 Å². The molecule has 0 aliphatic carbocycles. The quantitative estimate of drug-likeness (QED) is 0.754. The van der Waals surface area contributed by atoms with Gasteiger partial charge in [0.25, 0.3) is 0 Å². The van der Waals surface area contributed by atoms with Crippen LogP contribution in [0.3, 0.4) is 0 Å². The Bertz CT molecular complexity index is 959. The van der Waals surface area contributed by atoms with Crippen LogP contribution in [0.25, 0.3) is 5.82 Å². The molecule has 0 saturated carbocycles. The highest BCUT2D eigenvalue weighted by Crippen LogP contribution is 2.19. The molecule has 1 amide bonds. The maximum atomic E-state index is 12.9. The van der Waals surface area contributed by atoms with E-state index < -0.39 is 0 Å². The lowest BCUT2D eigenvalue weighted by molar-refractivity contribution is -0.122. The highest BCUT2D eigenvalue weighted by molar-refractivity contribution is 5.94. The van der Waals surface area contributed by atoms with Crippen LogP contribution in [0.1, 0.15) is 17.2 Å². The van der Waals surface area contributed by atoms with Gasteiger partial charge in [-0.3, -0.25) is 9.69 Å². The highest BCUT2D eigenvalue weighted by atomic mass is 16.2. The molecule has 0 saturated heterocycles. The SMILES string of the molecule is Cc1ccnc(-n2nccc2NC(=O)C2Cn3c(C)nnc3CN2C)c1. The molecule has 3 aromatic heterocycles. The Labute approximate surface area is 150 Å². The van der Waals surface area contributed by atoms with Gasteiger partial charge in [-0.05, 0) is 38.6 Å². The molecule has 0 aromatic carbocycles. The van der Waals surface area contributed by atoms with E-state index >= 15 is 0 Å². The van der Waals surface area contributed by atoms with Gasteiger partial charge in [0.15, 0.2) is 5.82 Å². The number of hydrogen-bond donors (Lipinski definition) is 1. The van der Waals surface area contributed by atoms with Crippen molar-refractivity contribution in [2.75, 3.05) is 12.4 Å². The van der Waals surface area contributed by atoms with Crippen molar-refractivity contribution in [3.05, 3.63) is 47.8 Å². The lowest BCUT2D eigenvalue weighted by Gasteiger charge is -2.32. The number of carbonyl (C=O) groups is 1. The number of anilines is 1. The Morgan fingerprint density at radius 2 is 2.08 bits per heavy atom. The second-order valence-corrected chi connectivity index (χ2v) is 6.51. The average molecular weight is 352 g/mol. The molecule has 1 aliphatic heterocycles. The lowest BCUT2D eigenvalue weighted by Crippen LogP contribution is -2.48. The third-order valence-electron chi connectivity index (χ3n) is 4.61. The normalized spacial score (nSPS) is 17.1. The predicted molar refractivity (Wildman–Crippen MR) is 94.7 cm³/mol. The van der Waals surface area contributed by atoms with Gasteiger partial charge in [0.05, 0.1) is 19.3 Å². The molecule has 3 aromatic rings. The summed E-state index contributed by atoms with van der Waals surface area (Å²) >= 11 is 0. The van der Waals surface area contributed by atoms with Gasteiger partial charge >= 0.3 is 0 Å². The van der Waals surface area contributed by atoms with Crippen LogP contribution in [0.4, 0.5) is 5.82 Å². The van der Waals surface area contributed by atoms with Gasteiger partial charge in [-0.1, -0.05) is 0 Å². The number of amides is 1. The van der Waals surface area contributed by atoms with E-state index in [-0.39, 0.29) is 11.9 Å². The van der Waals surface area contributed by atoms with Crippen molar-refractivity contribution in [3.63, 3.8) is 0 Å². The van der Waals surface area contributed by atoms with E-state index in [4.69, 9.17) is 0 Å². The number of aromatic nitrogens is 6. The van der Waals surface area contributed by atoms with Gasteiger partial charge in [0.1, 0.15) is 23.5 Å². The summed E-state index contributed by atoms with van der Waals surface area (Å²) in [7, 11) is 1.91. The van der Waals surface area contributed by atoms with Crippen molar-refractivity contribution in [1.82, 2.24) is 34.4 Å². The minimum atomic E-state index is -0.314.